The van der Waals surface area contributed by atoms with E-state index in [0.717, 1.165) is 33.9 Å². The number of carboxylic acid groups (broad SMARTS) is 1. The predicted molar refractivity (Wildman–Crippen MR) is 88.6 cm³/mol. The summed E-state index contributed by atoms with van der Waals surface area (Å²) < 4.78 is 1.95. The van der Waals surface area contributed by atoms with Gasteiger partial charge in [0.2, 0.25) is 0 Å². The Bertz CT molecular complexity index is 897. The normalized spacial score (nSPS) is 11.1. The Morgan fingerprint density at radius 1 is 1.22 bits per heavy atom. The second kappa shape index (κ2) is 5.83. The molecule has 0 aromatic carbocycles. The van der Waals surface area contributed by atoms with E-state index in [4.69, 9.17) is 10.1 Å². The molecule has 0 unspecified atom stereocenters. The topological polar surface area (TPSA) is 67.5 Å². The number of rotatable bonds is 4. The quantitative estimate of drug-likeness (QED) is 0.802. The largest absolute Gasteiger partial charge is 0.481 e. The van der Waals surface area contributed by atoms with Gasteiger partial charge in [-0.3, -0.25) is 9.78 Å². The molecule has 0 amide bonds. The number of aryl methyl sites for hydroxylation is 4. The number of aliphatic carboxylic acids is 1. The minimum absolute atomic E-state index is 0.105. The first kappa shape index (κ1) is 15.2. The summed E-state index contributed by atoms with van der Waals surface area (Å²) in [6.07, 6.45) is 4.18. The van der Waals surface area contributed by atoms with Gasteiger partial charge in [0.15, 0.2) is 0 Å². The first-order valence-corrected chi connectivity index (χ1v) is 7.59. The van der Waals surface area contributed by atoms with Crippen molar-refractivity contribution in [2.75, 3.05) is 0 Å². The molecule has 0 aliphatic carbocycles. The van der Waals surface area contributed by atoms with Crippen molar-refractivity contribution in [1.82, 2.24) is 14.4 Å². The van der Waals surface area contributed by atoms with Gasteiger partial charge >= 0.3 is 5.97 Å². The standard InChI is InChI=1S/C18H19N3O2/c1-11-10-12(2)17(20-13(11)3)15-6-4-14(5-7-16(22)23)21-9-8-19-18(15)21/h4,6,8-10H,5,7H2,1-3H3,(H,22,23). The Balaban J connectivity index is 2.13. The zero-order valence-electron chi connectivity index (χ0n) is 13.5. The van der Waals surface area contributed by atoms with Crippen LogP contribution in [0.1, 0.15) is 28.9 Å². The Labute approximate surface area is 134 Å². The van der Waals surface area contributed by atoms with Gasteiger partial charge in [-0.1, -0.05) is 6.07 Å². The fraction of sp³-hybridized carbons (Fsp3) is 0.278. The molecule has 0 aliphatic rings. The van der Waals surface area contributed by atoms with Gasteiger partial charge in [0, 0.05) is 29.3 Å². The van der Waals surface area contributed by atoms with Crippen LogP contribution in [0.2, 0.25) is 0 Å². The maximum absolute atomic E-state index is 10.8. The van der Waals surface area contributed by atoms with Crippen LogP contribution in [0, 0.1) is 20.8 Å². The fourth-order valence-electron chi connectivity index (χ4n) is 2.81. The summed E-state index contributed by atoms with van der Waals surface area (Å²) in [4.78, 5) is 20.0. The Hall–Kier alpha value is -2.69. The first-order valence-electron chi connectivity index (χ1n) is 7.59. The summed E-state index contributed by atoms with van der Waals surface area (Å²) in [5.74, 6) is -0.797. The molecule has 5 heteroatoms. The number of aromatic nitrogens is 3. The molecule has 5 nitrogen and oxygen atoms in total. The van der Waals surface area contributed by atoms with Crippen LogP contribution in [0.15, 0.2) is 30.6 Å². The molecule has 0 bridgehead atoms. The number of hydrogen-bond acceptors (Lipinski definition) is 3. The van der Waals surface area contributed by atoms with Crippen LogP contribution < -0.4 is 0 Å². The molecule has 0 atom stereocenters. The molecule has 0 saturated heterocycles. The summed E-state index contributed by atoms with van der Waals surface area (Å²) in [5, 5.41) is 8.89. The van der Waals surface area contributed by atoms with Crippen LogP contribution in [0.25, 0.3) is 16.9 Å². The number of fused-ring (bicyclic) bond motifs is 1. The molecule has 0 radical (unpaired) electrons. The third-order valence-corrected chi connectivity index (χ3v) is 4.14. The average molecular weight is 309 g/mol. The van der Waals surface area contributed by atoms with Gasteiger partial charge in [0.25, 0.3) is 0 Å². The molecule has 3 heterocycles. The van der Waals surface area contributed by atoms with E-state index in [0.29, 0.717) is 6.42 Å². The average Bonchev–Trinajstić information content (AvgIpc) is 2.98. The summed E-state index contributed by atoms with van der Waals surface area (Å²) in [5.41, 5.74) is 6.92. The highest BCUT2D eigenvalue weighted by Crippen LogP contribution is 2.27. The van der Waals surface area contributed by atoms with Crippen LogP contribution in [0.4, 0.5) is 0 Å². The molecular weight excluding hydrogens is 290 g/mol. The molecule has 0 saturated carbocycles. The summed E-state index contributed by atoms with van der Waals surface area (Å²) in [6, 6.07) is 6.09. The second-order valence-electron chi connectivity index (χ2n) is 5.81. The highest BCUT2D eigenvalue weighted by atomic mass is 16.4. The summed E-state index contributed by atoms with van der Waals surface area (Å²) in [6.45, 7) is 6.11. The molecule has 0 fully saturated rings. The molecular formula is C18H19N3O2. The lowest BCUT2D eigenvalue weighted by molar-refractivity contribution is -0.136. The van der Waals surface area contributed by atoms with Gasteiger partial charge < -0.3 is 9.51 Å². The molecule has 0 aliphatic heterocycles. The fourth-order valence-corrected chi connectivity index (χ4v) is 2.81. The predicted octanol–water partition coefficient (Wildman–Crippen LogP) is 3.34. The summed E-state index contributed by atoms with van der Waals surface area (Å²) in [7, 11) is 0. The van der Waals surface area contributed by atoms with Gasteiger partial charge in [-0.15, -0.1) is 0 Å². The van der Waals surface area contributed by atoms with E-state index >= 15 is 0 Å². The van der Waals surface area contributed by atoms with E-state index in [1.165, 1.54) is 5.56 Å². The van der Waals surface area contributed by atoms with Gasteiger partial charge in [-0.2, -0.15) is 0 Å². The van der Waals surface area contributed by atoms with Crippen molar-refractivity contribution >= 4 is 11.6 Å². The second-order valence-corrected chi connectivity index (χ2v) is 5.81. The monoisotopic (exact) mass is 309 g/mol. The number of hydrogen-bond donors (Lipinski definition) is 1. The van der Waals surface area contributed by atoms with E-state index in [1.807, 2.05) is 36.6 Å². The molecule has 3 rings (SSSR count). The number of carboxylic acids is 1. The van der Waals surface area contributed by atoms with Crippen molar-refractivity contribution in [2.45, 2.75) is 33.6 Å². The van der Waals surface area contributed by atoms with Crippen LogP contribution in [-0.4, -0.2) is 25.4 Å². The highest BCUT2D eigenvalue weighted by Gasteiger charge is 2.13. The smallest absolute Gasteiger partial charge is 0.303 e. The minimum atomic E-state index is -0.797. The SMILES string of the molecule is Cc1cc(C)c(-c2ccc(CCC(=O)O)n3ccnc23)nc1C. The van der Waals surface area contributed by atoms with Crippen molar-refractivity contribution in [3.05, 3.63) is 53.1 Å². The molecule has 3 aromatic rings. The zero-order chi connectivity index (χ0) is 16.6. The molecule has 1 N–H and O–H groups in total. The van der Waals surface area contributed by atoms with Crippen molar-refractivity contribution in [3.63, 3.8) is 0 Å². The van der Waals surface area contributed by atoms with Gasteiger partial charge in [0.05, 0.1) is 12.1 Å². The lowest BCUT2D eigenvalue weighted by Gasteiger charge is -2.12. The van der Waals surface area contributed by atoms with Crippen molar-refractivity contribution in [1.29, 1.82) is 0 Å². The van der Waals surface area contributed by atoms with Crippen LogP contribution >= 0.6 is 0 Å². The summed E-state index contributed by atoms with van der Waals surface area (Å²) >= 11 is 0. The van der Waals surface area contributed by atoms with Crippen LogP contribution in [-0.2, 0) is 11.2 Å². The van der Waals surface area contributed by atoms with E-state index < -0.39 is 5.97 Å². The number of imidazole rings is 1. The van der Waals surface area contributed by atoms with Crippen LogP contribution in [0.5, 0.6) is 0 Å². The third-order valence-electron chi connectivity index (χ3n) is 4.14. The molecule has 3 aromatic heterocycles. The number of carbonyl (C=O) groups is 1. The maximum Gasteiger partial charge on any atom is 0.303 e. The Morgan fingerprint density at radius 3 is 2.74 bits per heavy atom. The third kappa shape index (κ3) is 2.82. The lowest BCUT2D eigenvalue weighted by Crippen LogP contribution is -2.03. The first-order chi connectivity index (χ1) is 11.0. The maximum atomic E-state index is 10.8. The molecule has 23 heavy (non-hydrogen) atoms. The molecule has 0 spiro atoms. The highest BCUT2D eigenvalue weighted by molar-refractivity contribution is 5.77. The Morgan fingerprint density at radius 2 is 2.00 bits per heavy atom. The van der Waals surface area contributed by atoms with E-state index in [9.17, 15) is 4.79 Å². The van der Waals surface area contributed by atoms with E-state index in [2.05, 4.69) is 18.0 Å². The zero-order valence-corrected chi connectivity index (χ0v) is 13.5. The van der Waals surface area contributed by atoms with Gasteiger partial charge in [-0.05, 0) is 50.5 Å². The van der Waals surface area contributed by atoms with Crippen molar-refractivity contribution < 1.29 is 9.90 Å². The lowest BCUT2D eigenvalue weighted by atomic mass is 10.0. The number of nitrogens with zero attached hydrogens (tertiary/aromatic N) is 3. The van der Waals surface area contributed by atoms with E-state index in [-0.39, 0.29) is 6.42 Å². The van der Waals surface area contributed by atoms with Crippen molar-refractivity contribution in [2.24, 2.45) is 0 Å². The van der Waals surface area contributed by atoms with Gasteiger partial charge in [-0.25, -0.2) is 4.98 Å². The van der Waals surface area contributed by atoms with Crippen LogP contribution in [0.3, 0.4) is 0 Å². The van der Waals surface area contributed by atoms with Gasteiger partial charge in [0.1, 0.15) is 5.65 Å². The van der Waals surface area contributed by atoms with E-state index in [1.54, 1.807) is 6.20 Å². The minimum Gasteiger partial charge on any atom is -0.481 e. The van der Waals surface area contributed by atoms with Crippen molar-refractivity contribution in [3.8, 4) is 11.3 Å². The number of pyridine rings is 2. The molecule has 118 valence electrons. The Kier molecular flexibility index (Phi) is 3.86.